The Morgan fingerprint density at radius 2 is 1.59 bits per heavy atom. The molecule has 0 saturated heterocycles. The summed E-state index contributed by atoms with van der Waals surface area (Å²) in [6.07, 6.45) is 2.55. The van der Waals surface area contributed by atoms with Gasteiger partial charge in [-0.1, -0.05) is 47.1 Å². The normalized spacial score (nSPS) is 10.4. The van der Waals surface area contributed by atoms with Gasteiger partial charge in [0, 0.05) is 29.6 Å². The highest BCUT2D eigenvalue weighted by molar-refractivity contribution is 6.33. The van der Waals surface area contributed by atoms with Crippen LogP contribution in [0.5, 0.6) is 0 Å². The van der Waals surface area contributed by atoms with E-state index < -0.39 is 0 Å². The summed E-state index contributed by atoms with van der Waals surface area (Å²) in [7, 11) is 0. The third-order valence-corrected chi connectivity index (χ3v) is 3.63. The van der Waals surface area contributed by atoms with Crippen LogP contribution in [-0.2, 0) is 0 Å². The number of nitrogens with zero attached hydrogens (tertiary/aromatic N) is 1. The molecule has 1 heterocycles. The highest BCUT2D eigenvalue weighted by Crippen LogP contribution is 2.31. The highest BCUT2D eigenvalue weighted by atomic mass is 35.5. The van der Waals surface area contributed by atoms with Crippen molar-refractivity contribution >= 4 is 24.0 Å². The molecule has 0 unspecified atom stereocenters. The van der Waals surface area contributed by atoms with E-state index in [0.29, 0.717) is 16.5 Å². The van der Waals surface area contributed by atoms with Gasteiger partial charge in [-0.2, -0.15) is 0 Å². The zero-order chi connectivity index (χ0) is 15.5. The van der Waals surface area contributed by atoms with Crippen molar-refractivity contribution in [3.8, 4) is 22.6 Å². The van der Waals surface area contributed by atoms with Gasteiger partial charge >= 0.3 is 0 Å². The Balaban J connectivity index is 1.99. The fraction of sp³-hybridized carbons (Fsp3) is 0. The molecule has 3 aromatic rings. The van der Waals surface area contributed by atoms with Crippen molar-refractivity contribution < 1.29 is 4.52 Å². The second kappa shape index (κ2) is 5.95. The number of nitrogens with one attached hydrogen (secondary N) is 2. The fourth-order valence-corrected chi connectivity index (χ4v) is 2.33. The number of rotatable bonds is 4. The summed E-state index contributed by atoms with van der Waals surface area (Å²) in [4.78, 5) is 0. The Morgan fingerprint density at radius 1 is 0.909 bits per heavy atom. The van der Waals surface area contributed by atoms with Crippen molar-refractivity contribution in [2.75, 3.05) is 0 Å². The molecule has 0 spiro atoms. The first kappa shape index (κ1) is 14.2. The van der Waals surface area contributed by atoms with Gasteiger partial charge in [0.1, 0.15) is 5.69 Å². The summed E-state index contributed by atoms with van der Waals surface area (Å²) in [5, 5.41) is 19.1. The van der Waals surface area contributed by atoms with E-state index in [1.54, 1.807) is 18.2 Å². The molecule has 5 heteroatoms. The summed E-state index contributed by atoms with van der Waals surface area (Å²) < 4.78 is 5.38. The van der Waals surface area contributed by atoms with Crippen LogP contribution in [0.25, 0.3) is 22.6 Å². The average Bonchev–Trinajstić information content (AvgIpc) is 3.05. The van der Waals surface area contributed by atoms with Gasteiger partial charge in [0.05, 0.1) is 5.02 Å². The van der Waals surface area contributed by atoms with Crippen LogP contribution < -0.4 is 0 Å². The maximum atomic E-state index is 7.32. The minimum Gasteiger partial charge on any atom is -0.356 e. The largest absolute Gasteiger partial charge is 0.356 e. The maximum Gasteiger partial charge on any atom is 0.167 e. The predicted molar refractivity (Wildman–Crippen MR) is 88.2 cm³/mol. The van der Waals surface area contributed by atoms with Gasteiger partial charge in [0.25, 0.3) is 0 Å². The molecule has 0 atom stereocenters. The summed E-state index contributed by atoms with van der Waals surface area (Å²) in [6, 6.07) is 14.6. The Hall–Kier alpha value is -2.72. The van der Waals surface area contributed by atoms with Gasteiger partial charge < -0.3 is 15.3 Å². The number of hydrogen-bond acceptors (Lipinski definition) is 4. The molecule has 0 radical (unpaired) electrons. The second-order valence-electron chi connectivity index (χ2n) is 4.73. The van der Waals surface area contributed by atoms with E-state index in [9.17, 15) is 0 Å². The first-order valence-corrected chi connectivity index (χ1v) is 6.97. The van der Waals surface area contributed by atoms with Crippen molar-refractivity contribution in [1.82, 2.24) is 5.16 Å². The molecule has 0 aliphatic carbocycles. The van der Waals surface area contributed by atoms with Gasteiger partial charge in [-0.3, -0.25) is 0 Å². The molecule has 0 amide bonds. The highest BCUT2D eigenvalue weighted by Gasteiger charge is 2.12. The van der Waals surface area contributed by atoms with E-state index in [0.717, 1.165) is 22.3 Å². The third kappa shape index (κ3) is 2.69. The number of aromatic nitrogens is 1. The maximum absolute atomic E-state index is 7.32. The van der Waals surface area contributed by atoms with Gasteiger partial charge in [-0.25, -0.2) is 0 Å². The zero-order valence-corrected chi connectivity index (χ0v) is 12.3. The zero-order valence-electron chi connectivity index (χ0n) is 11.5. The van der Waals surface area contributed by atoms with Crippen LogP contribution in [0.2, 0.25) is 5.02 Å². The van der Waals surface area contributed by atoms with Crippen LogP contribution in [0.3, 0.4) is 0 Å². The molecule has 0 bridgehead atoms. The van der Waals surface area contributed by atoms with E-state index in [1.165, 1.54) is 12.4 Å². The lowest BCUT2D eigenvalue weighted by molar-refractivity contribution is 0.435. The molecule has 0 fully saturated rings. The van der Waals surface area contributed by atoms with Crippen LogP contribution >= 0.6 is 11.6 Å². The van der Waals surface area contributed by atoms with Crippen molar-refractivity contribution in [3.05, 3.63) is 64.7 Å². The average molecular weight is 310 g/mol. The summed E-state index contributed by atoms with van der Waals surface area (Å²) in [5.74, 6) is 0.628. The van der Waals surface area contributed by atoms with Gasteiger partial charge in [-0.15, -0.1) is 0 Å². The molecule has 3 rings (SSSR count). The van der Waals surface area contributed by atoms with Crippen LogP contribution in [0.4, 0.5) is 0 Å². The van der Waals surface area contributed by atoms with Crippen molar-refractivity contribution in [1.29, 1.82) is 10.8 Å². The minimum absolute atomic E-state index is 0.560. The number of benzene rings is 2. The van der Waals surface area contributed by atoms with Crippen molar-refractivity contribution in [2.24, 2.45) is 0 Å². The fourth-order valence-electron chi connectivity index (χ4n) is 2.11. The Labute approximate surface area is 132 Å². The van der Waals surface area contributed by atoms with E-state index in [1.807, 2.05) is 30.3 Å². The molecule has 2 N–H and O–H groups in total. The molecular weight excluding hydrogens is 298 g/mol. The second-order valence-corrected chi connectivity index (χ2v) is 5.13. The molecule has 4 nitrogen and oxygen atoms in total. The van der Waals surface area contributed by atoms with Crippen molar-refractivity contribution in [3.63, 3.8) is 0 Å². The summed E-state index contributed by atoms with van der Waals surface area (Å²) >= 11 is 6.20. The minimum atomic E-state index is 0.560. The lowest BCUT2D eigenvalue weighted by Gasteiger charge is -2.00. The van der Waals surface area contributed by atoms with Gasteiger partial charge in [0.2, 0.25) is 0 Å². The summed E-state index contributed by atoms with van der Waals surface area (Å²) in [6.45, 7) is 0. The lowest BCUT2D eigenvalue weighted by atomic mass is 10.1. The standard InChI is InChI=1S/C17H12ClN3O/c18-15-6-3-12(10-20)7-14(15)16-8-17(22-21-16)13-4-1-11(9-19)2-5-13/h1-10,19-20H. The molecule has 1 aromatic heterocycles. The quantitative estimate of drug-likeness (QED) is 0.688. The van der Waals surface area contributed by atoms with E-state index in [2.05, 4.69) is 5.16 Å². The first-order valence-electron chi connectivity index (χ1n) is 6.59. The summed E-state index contributed by atoms with van der Waals surface area (Å²) in [5.41, 5.74) is 3.81. The topological polar surface area (TPSA) is 73.7 Å². The number of halogens is 1. The molecule has 0 aliphatic heterocycles. The van der Waals surface area contributed by atoms with Crippen LogP contribution in [0.15, 0.2) is 53.1 Å². The molecule has 22 heavy (non-hydrogen) atoms. The Bertz CT molecular complexity index is 837. The molecule has 0 aliphatic rings. The van der Waals surface area contributed by atoms with Crippen molar-refractivity contribution in [2.45, 2.75) is 0 Å². The lowest BCUT2D eigenvalue weighted by Crippen LogP contribution is -1.84. The Morgan fingerprint density at radius 3 is 2.27 bits per heavy atom. The smallest absolute Gasteiger partial charge is 0.167 e. The SMILES string of the molecule is N=Cc1ccc(-c2cc(-c3cc(C=N)ccc3Cl)no2)cc1. The molecular formula is C17H12ClN3O. The predicted octanol–water partition coefficient (Wildman–Crippen LogP) is 4.66. The third-order valence-electron chi connectivity index (χ3n) is 3.31. The van der Waals surface area contributed by atoms with Gasteiger partial charge in [0.15, 0.2) is 5.76 Å². The van der Waals surface area contributed by atoms with E-state index in [-0.39, 0.29) is 0 Å². The number of hydrogen-bond donors (Lipinski definition) is 2. The van der Waals surface area contributed by atoms with Crippen LogP contribution in [0.1, 0.15) is 11.1 Å². The van der Waals surface area contributed by atoms with Crippen LogP contribution in [-0.4, -0.2) is 17.6 Å². The monoisotopic (exact) mass is 309 g/mol. The van der Waals surface area contributed by atoms with Gasteiger partial charge in [-0.05, 0) is 23.3 Å². The first-order chi connectivity index (χ1) is 10.7. The molecule has 2 aromatic carbocycles. The Kier molecular flexibility index (Phi) is 3.85. The van der Waals surface area contributed by atoms with E-state index in [4.69, 9.17) is 26.9 Å². The molecule has 108 valence electrons. The molecule has 0 saturated carbocycles. The van der Waals surface area contributed by atoms with Crippen LogP contribution in [0, 0.1) is 10.8 Å². The van der Waals surface area contributed by atoms with E-state index >= 15 is 0 Å².